The second kappa shape index (κ2) is 7.75. The maximum absolute atomic E-state index is 6.30. The fraction of sp³-hybridized carbons (Fsp3) is 0.400. The van der Waals surface area contributed by atoms with Crippen LogP contribution < -0.4 is 0 Å². The Labute approximate surface area is 167 Å². The van der Waals surface area contributed by atoms with Crippen LogP contribution in [-0.4, -0.2) is 14.8 Å². The third kappa shape index (κ3) is 3.45. The number of halogens is 1. The average molecular weight is 404 g/mol. The molecule has 1 aliphatic rings. The molecular weight excluding hydrogens is 382 g/mol. The molecule has 0 atom stereocenters. The van der Waals surface area contributed by atoms with E-state index in [2.05, 4.69) is 40.1 Å². The van der Waals surface area contributed by atoms with Crippen LogP contribution in [0.3, 0.4) is 0 Å². The molecule has 3 aromatic rings. The van der Waals surface area contributed by atoms with Crippen molar-refractivity contribution in [1.29, 1.82) is 0 Å². The molecule has 0 N–H and O–H groups in total. The van der Waals surface area contributed by atoms with Crippen LogP contribution in [0.4, 0.5) is 0 Å². The van der Waals surface area contributed by atoms with Gasteiger partial charge in [0.2, 0.25) is 0 Å². The molecule has 0 spiro atoms. The Morgan fingerprint density at radius 2 is 2.00 bits per heavy atom. The van der Waals surface area contributed by atoms with Gasteiger partial charge in [-0.25, -0.2) is 0 Å². The van der Waals surface area contributed by atoms with E-state index >= 15 is 0 Å². The number of thioether (sulfide) groups is 1. The molecule has 0 aliphatic heterocycles. The number of aryl methyl sites for hydroxylation is 1. The van der Waals surface area contributed by atoms with Crippen LogP contribution in [0.15, 0.2) is 34.8 Å². The topological polar surface area (TPSA) is 30.7 Å². The highest BCUT2D eigenvalue weighted by molar-refractivity contribution is 7.98. The zero-order valence-corrected chi connectivity index (χ0v) is 17.4. The number of fused-ring (bicyclic) bond motifs is 1. The quantitative estimate of drug-likeness (QED) is 0.461. The van der Waals surface area contributed by atoms with Crippen molar-refractivity contribution in [2.75, 3.05) is 0 Å². The van der Waals surface area contributed by atoms with Gasteiger partial charge in [0.05, 0.1) is 0 Å². The van der Waals surface area contributed by atoms with Gasteiger partial charge in [-0.1, -0.05) is 41.6 Å². The minimum Gasteiger partial charge on any atom is -0.299 e. The number of aromatic nitrogens is 3. The van der Waals surface area contributed by atoms with E-state index < -0.39 is 0 Å². The highest BCUT2D eigenvalue weighted by Crippen LogP contribution is 2.38. The Hall–Kier alpha value is -1.30. The summed E-state index contributed by atoms with van der Waals surface area (Å²) >= 11 is 9.89. The summed E-state index contributed by atoms with van der Waals surface area (Å²) in [5.41, 5.74) is 3.92. The van der Waals surface area contributed by atoms with Crippen molar-refractivity contribution in [2.24, 2.45) is 0 Å². The summed E-state index contributed by atoms with van der Waals surface area (Å²) in [5, 5.41) is 13.2. The van der Waals surface area contributed by atoms with Crippen molar-refractivity contribution in [1.82, 2.24) is 14.8 Å². The zero-order chi connectivity index (χ0) is 18.1. The van der Waals surface area contributed by atoms with E-state index in [-0.39, 0.29) is 0 Å². The Kier molecular flexibility index (Phi) is 5.39. The first-order valence-electron chi connectivity index (χ1n) is 9.06. The first kappa shape index (κ1) is 18.1. The lowest BCUT2D eigenvalue weighted by Gasteiger charge is -2.16. The third-order valence-electron chi connectivity index (χ3n) is 4.80. The minimum absolute atomic E-state index is 0.313. The minimum atomic E-state index is 0.313. The molecule has 3 nitrogen and oxygen atoms in total. The van der Waals surface area contributed by atoms with Gasteiger partial charge in [-0.3, -0.25) is 4.57 Å². The van der Waals surface area contributed by atoms with Crippen LogP contribution in [0.5, 0.6) is 0 Å². The van der Waals surface area contributed by atoms with Gasteiger partial charge in [0.15, 0.2) is 11.0 Å². The number of benzene rings is 1. The summed E-state index contributed by atoms with van der Waals surface area (Å²) in [4.78, 5) is 1.54. The Bertz CT molecular complexity index is 914. The monoisotopic (exact) mass is 403 g/mol. The van der Waals surface area contributed by atoms with E-state index in [9.17, 15) is 0 Å². The normalized spacial score (nSPS) is 14.0. The van der Waals surface area contributed by atoms with Crippen molar-refractivity contribution >= 4 is 34.7 Å². The zero-order valence-electron chi connectivity index (χ0n) is 15.0. The predicted molar refractivity (Wildman–Crippen MR) is 111 cm³/mol. The molecule has 0 unspecified atom stereocenters. The van der Waals surface area contributed by atoms with Gasteiger partial charge in [-0.15, -0.1) is 21.5 Å². The van der Waals surface area contributed by atoms with E-state index in [4.69, 9.17) is 11.6 Å². The molecule has 2 heterocycles. The summed E-state index contributed by atoms with van der Waals surface area (Å²) in [6.45, 7) is 4.40. The average Bonchev–Trinajstić information content (AvgIpc) is 3.24. The van der Waals surface area contributed by atoms with Crippen LogP contribution in [0, 0.1) is 0 Å². The molecule has 0 amide bonds. The van der Waals surface area contributed by atoms with Crippen LogP contribution in [0.1, 0.15) is 48.7 Å². The molecule has 2 aromatic heterocycles. The second-order valence-electron chi connectivity index (χ2n) is 6.91. The fourth-order valence-electron chi connectivity index (χ4n) is 3.46. The van der Waals surface area contributed by atoms with Gasteiger partial charge in [0, 0.05) is 32.6 Å². The Morgan fingerprint density at radius 1 is 1.19 bits per heavy atom. The first-order valence-corrected chi connectivity index (χ1v) is 11.3. The molecule has 6 heteroatoms. The molecule has 4 rings (SSSR count). The van der Waals surface area contributed by atoms with E-state index in [1.54, 1.807) is 11.8 Å². The SMILES string of the molecule is CC(C)n1c(SCc2ccccc2Cl)nnc1-c1csc2c1CCCC2. The van der Waals surface area contributed by atoms with Crippen molar-refractivity contribution in [3.63, 3.8) is 0 Å². The van der Waals surface area contributed by atoms with E-state index in [0.29, 0.717) is 6.04 Å². The number of thiophene rings is 1. The van der Waals surface area contributed by atoms with Gasteiger partial charge in [0.1, 0.15) is 0 Å². The molecule has 0 saturated carbocycles. The standard InChI is InChI=1S/C20H22ClN3S2/c1-13(2)24-19(16-12-25-18-10-6-4-8-15(16)18)22-23-20(24)26-11-14-7-3-5-9-17(14)21/h3,5,7,9,12-13H,4,6,8,10-11H2,1-2H3. The summed E-state index contributed by atoms with van der Waals surface area (Å²) in [5.74, 6) is 1.81. The first-order chi connectivity index (χ1) is 12.6. The number of hydrogen-bond donors (Lipinski definition) is 0. The molecule has 1 aromatic carbocycles. The maximum atomic E-state index is 6.30. The lowest BCUT2D eigenvalue weighted by atomic mass is 9.95. The van der Waals surface area contributed by atoms with E-state index in [1.165, 1.54) is 41.7 Å². The van der Waals surface area contributed by atoms with Crippen LogP contribution >= 0.6 is 34.7 Å². The highest BCUT2D eigenvalue weighted by atomic mass is 35.5. The maximum Gasteiger partial charge on any atom is 0.192 e. The lowest BCUT2D eigenvalue weighted by Crippen LogP contribution is -2.07. The van der Waals surface area contributed by atoms with Crippen LogP contribution in [0.2, 0.25) is 5.02 Å². The summed E-state index contributed by atoms with van der Waals surface area (Å²) < 4.78 is 2.28. The highest BCUT2D eigenvalue weighted by Gasteiger charge is 2.23. The number of rotatable bonds is 5. The van der Waals surface area contributed by atoms with E-state index in [1.807, 2.05) is 29.5 Å². The second-order valence-corrected chi connectivity index (χ2v) is 9.22. The number of hydrogen-bond acceptors (Lipinski definition) is 4. The van der Waals surface area contributed by atoms with Crippen molar-refractivity contribution in [3.8, 4) is 11.4 Å². The number of nitrogens with zero attached hydrogens (tertiary/aromatic N) is 3. The van der Waals surface area contributed by atoms with Crippen molar-refractivity contribution in [2.45, 2.75) is 56.5 Å². The Morgan fingerprint density at radius 3 is 2.81 bits per heavy atom. The van der Waals surface area contributed by atoms with Crippen molar-refractivity contribution in [3.05, 3.63) is 50.7 Å². The molecular formula is C20H22ClN3S2. The van der Waals surface area contributed by atoms with E-state index in [0.717, 1.165) is 27.3 Å². The molecule has 0 fully saturated rings. The molecule has 0 bridgehead atoms. The van der Waals surface area contributed by atoms with Gasteiger partial charge in [-0.2, -0.15) is 0 Å². The summed E-state index contributed by atoms with van der Waals surface area (Å²) in [6, 6.07) is 8.31. The van der Waals surface area contributed by atoms with Gasteiger partial charge < -0.3 is 0 Å². The summed E-state index contributed by atoms with van der Waals surface area (Å²) in [6.07, 6.45) is 4.97. The molecule has 136 valence electrons. The van der Waals surface area contributed by atoms with Crippen molar-refractivity contribution < 1.29 is 0 Å². The fourth-order valence-corrected chi connectivity index (χ4v) is 5.94. The predicted octanol–water partition coefficient (Wildman–Crippen LogP) is 6.41. The summed E-state index contributed by atoms with van der Waals surface area (Å²) in [7, 11) is 0. The Balaban J connectivity index is 1.65. The van der Waals surface area contributed by atoms with Gasteiger partial charge in [-0.05, 0) is 56.7 Å². The van der Waals surface area contributed by atoms with Crippen LogP contribution in [0.25, 0.3) is 11.4 Å². The third-order valence-corrected chi connectivity index (χ3v) is 7.25. The van der Waals surface area contributed by atoms with Crippen LogP contribution in [-0.2, 0) is 18.6 Å². The molecule has 0 radical (unpaired) electrons. The molecule has 1 aliphatic carbocycles. The molecule has 26 heavy (non-hydrogen) atoms. The smallest absolute Gasteiger partial charge is 0.192 e. The largest absolute Gasteiger partial charge is 0.299 e. The molecule has 0 saturated heterocycles. The van der Waals surface area contributed by atoms with Gasteiger partial charge >= 0.3 is 0 Å². The lowest BCUT2D eigenvalue weighted by molar-refractivity contribution is 0.554. The van der Waals surface area contributed by atoms with Gasteiger partial charge in [0.25, 0.3) is 0 Å².